The van der Waals surface area contributed by atoms with Crippen molar-refractivity contribution >= 4 is 17.5 Å². The van der Waals surface area contributed by atoms with Crippen molar-refractivity contribution in [1.29, 1.82) is 0 Å². The number of carbonyl (C=O) groups excluding carboxylic acids is 2. The van der Waals surface area contributed by atoms with Gasteiger partial charge in [0, 0.05) is 24.3 Å². The van der Waals surface area contributed by atoms with Crippen molar-refractivity contribution in [3.63, 3.8) is 0 Å². The first-order chi connectivity index (χ1) is 10.1. The predicted octanol–water partition coefficient (Wildman–Crippen LogP) is 1.68. The summed E-state index contributed by atoms with van der Waals surface area (Å²) in [6, 6.07) is 5.38. The van der Waals surface area contributed by atoms with E-state index in [0.717, 1.165) is 31.5 Å². The second kappa shape index (κ2) is 7.22. The summed E-state index contributed by atoms with van der Waals surface area (Å²) in [7, 11) is 0. The van der Waals surface area contributed by atoms with Gasteiger partial charge >= 0.3 is 0 Å². The van der Waals surface area contributed by atoms with Crippen LogP contribution < -0.4 is 16.0 Å². The highest BCUT2D eigenvalue weighted by Crippen LogP contribution is 2.19. The molecule has 1 aromatic carbocycles. The molecule has 1 aliphatic heterocycles. The predicted molar refractivity (Wildman–Crippen MR) is 83.4 cm³/mol. The minimum atomic E-state index is -0.118. The van der Waals surface area contributed by atoms with Crippen molar-refractivity contribution in [2.75, 3.05) is 25.0 Å². The lowest BCUT2D eigenvalue weighted by Crippen LogP contribution is -2.37. The Morgan fingerprint density at radius 3 is 2.86 bits per heavy atom. The Morgan fingerprint density at radius 2 is 2.19 bits per heavy atom. The second-order valence-corrected chi connectivity index (χ2v) is 5.42. The Labute approximate surface area is 125 Å². The zero-order chi connectivity index (χ0) is 15.2. The van der Waals surface area contributed by atoms with Crippen LogP contribution in [0.25, 0.3) is 0 Å². The Hall–Kier alpha value is -1.88. The molecule has 1 saturated heterocycles. The van der Waals surface area contributed by atoms with Crippen LogP contribution in [0.1, 0.15) is 35.7 Å². The van der Waals surface area contributed by atoms with Crippen LogP contribution in [0.4, 0.5) is 5.69 Å². The lowest BCUT2D eigenvalue weighted by Gasteiger charge is -2.22. The summed E-state index contributed by atoms with van der Waals surface area (Å²) < 4.78 is 0. The summed E-state index contributed by atoms with van der Waals surface area (Å²) in [5.41, 5.74) is 2.24. The summed E-state index contributed by atoms with van der Waals surface area (Å²) in [4.78, 5) is 24.1. The lowest BCUT2D eigenvalue weighted by molar-refractivity contribution is -0.120. The van der Waals surface area contributed by atoms with Crippen LogP contribution in [-0.2, 0) is 4.79 Å². The van der Waals surface area contributed by atoms with E-state index in [-0.39, 0.29) is 17.7 Å². The van der Waals surface area contributed by atoms with Gasteiger partial charge < -0.3 is 16.0 Å². The molecule has 0 spiro atoms. The lowest BCUT2D eigenvalue weighted by atomic mass is 9.98. The Kier molecular flexibility index (Phi) is 5.33. The maximum absolute atomic E-state index is 12.3. The smallest absolute Gasteiger partial charge is 0.251 e. The zero-order valence-electron chi connectivity index (χ0n) is 12.7. The van der Waals surface area contributed by atoms with Crippen molar-refractivity contribution < 1.29 is 9.59 Å². The Bertz CT molecular complexity index is 522. The minimum Gasteiger partial charge on any atom is -0.352 e. The minimum absolute atomic E-state index is 0.00581. The van der Waals surface area contributed by atoms with Gasteiger partial charge in [-0.1, -0.05) is 6.07 Å². The highest BCUT2D eigenvalue weighted by molar-refractivity contribution is 5.98. The van der Waals surface area contributed by atoms with Gasteiger partial charge in [-0.25, -0.2) is 0 Å². The molecule has 1 aromatic rings. The molecule has 2 amide bonds. The molecule has 0 radical (unpaired) electrons. The number of benzene rings is 1. The standard InChI is InChI=1S/C16H23N3O2/c1-3-18-15(20)12-7-6-11(2)14(9-12)19-16(21)13-5-4-8-17-10-13/h6-7,9,13,17H,3-5,8,10H2,1-2H3,(H,18,20)(H,19,21). The van der Waals surface area contributed by atoms with Gasteiger partial charge in [-0.3, -0.25) is 9.59 Å². The second-order valence-electron chi connectivity index (χ2n) is 5.42. The molecule has 1 fully saturated rings. The van der Waals surface area contributed by atoms with E-state index < -0.39 is 0 Å². The third-order valence-electron chi connectivity index (χ3n) is 3.76. The molecule has 5 heteroatoms. The summed E-state index contributed by atoms with van der Waals surface area (Å²) in [6.45, 7) is 6.10. The summed E-state index contributed by atoms with van der Waals surface area (Å²) in [5.74, 6) is -0.0862. The zero-order valence-corrected chi connectivity index (χ0v) is 12.7. The molecule has 2 rings (SSSR count). The Balaban J connectivity index is 2.09. The van der Waals surface area contributed by atoms with Gasteiger partial charge in [0.25, 0.3) is 5.91 Å². The molecule has 0 aromatic heterocycles. The monoisotopic (exact) mass is 289 g/mol. The molecule has 0 bridgehead atoms. The SMILES string of the molecule is CCNC(=O)c1ccc(C)c(NC(=O)C2CCCNC2)c1. The number of rotatable bonds is 4. The van der Waals surface area contributed by atoms with Crippen molar-refractivity contribution in [3.8, 4) is 0 Å². The van der Waals surface area contributed by atoms with Crippen molar-refractivity contribution in [2.24, 2.45) is 5.92 Å². The molecular weight excluding hydrogens is 266 g/mol. The average Bonchev–Trinajstić information content (AvgIpc) is 2.50. The number of amides is 2. The van der Waals surface area contributed by atoms with Crippen LogP contribution in [-0.4, -0.2) is 31.4 Å². The van der Waals surface area contributed by atoms with E-state index >= 15 is 0 Å². The fraction of sp³-hybridized carbons (Fsp3) is 0.500. The average molecular weight is 289 g/mol. The van der Waals surface area contributed by atoms with E-state index in [2.05, 4.69) is 16.0 Å². The first-order valence-corrected chi connectivity index (χ1v) is 7.52. The Morgan fingerprint density at radius 1 is 1.38 bits per heavy atom. The number of carbonyl (C=O) groups is 2. The first-order valence-electron chi connectivity index (χ1n) is 7.52. The van der Waals surface area contributed by atoms with Gasteiger partial charge in [0.05, 0.1) is 5.92 Å². The van der Waals surface area contributed by atoms with E-state index in [1.165, 1.54) is 0 Å². The molecule has 1 heterocycles. The van der Waals surface area contributed by atoms with Crippen LogP contribution >= 0.6 is 0 Å². The summed E-state index contributed by atoms with van der Waals surface area (Å²) in [5, 5.41) is 8.96. The van der Waals surface area contributed by atoms with Crippen molar-refractivity contribution in [2.45, 2.75) is 26.7 Å². The van der Waals surface area contributed by atoms with E-state index in [9.17, 15) is 9.59 Å². The first kappa shape index (κ1) is 15.5. The van der Waals surface area contributed by atoms with E-state index in [1.807, 2.05) is 19.9 Å². The quantitative estimate of drug-likeness (QED) is 0.790. The largest absolute Gasteiger partial charge is 0.352 e. The maximum atomic E-state index is 12.3. The van der Waals surface area contributed by atoms with Crippen molar-refractivity contribution in [1.82, 2.24) is 10.6 Å². The van der Waals surface area contributed by atoms with Gasteiger partial charge in [0.2, 0.25) is 5.91 Å². The highest BCUT2D eigenvalue weighted by atomic mass is 16.2. The molecule has 1 aliphatic rings. The number of piperidine rings is 1. The van der Waals surface area contributed by atoms with Crippen LogP contribution in [0, 0.1) is 12.8 Å². The number of hydrogen-bond donors (Lipinski definition) is 3. The fourth-order valence-corrected chi connectivity index (χ4v) is 2.47. The molecule has 0 aliphatic carbocycles. The maximum Gasteiger partial charge on any atom is 0.251 e. The third kappa shape index (κ3) is 4.04. The fourth-order valence-electron chi connectivity index (χ4n) is 2.47. The molecule has 0 saturated carbocycles. The molecule has 114 valence electrons. The number of anilines is 1. The van der Waals surface area contributed by atoms with Gasteiger partial charge in [0.15, 0.2) is 0 Å². The number of nitrogens with one attached hydrogen (secondary N) is 3. The van der Waals surface area contributed by atoms with E-state index in [0.29, 0.717) is 17.8 Å². The number of hydrogen-bond acceptors (Lipinski definition) is 3. The van der Waals surface area contributed by atoms with Gasteiger partial charge in [-0.05, 0) is 50.9 Å². The van der Waals surface area contributed by atoms with Crippen LogP contribution in [0.5, 0.6) is 0 Å². The normalized spacial score (nSPS) is 18.1. The molecule has 5 nitrogen and oxygen atoms in total. The van der Waals surface area contributed by atoms with E-state index in [4.69, 9.17) is 0 Å². The van der Waals surface area contributed by atoms with Crippen molar-refractivity contribution in [3.05, 3.63) is 29.3 Å². The highest BCUT2D eigenvalue weighted by Gasteiger charge is 2.21. The van der Waals surface area contributed by atoms with Gasteiger partial charge in [-0.2, -0.15) is 0 Å². The van der Waals surface area contributed by atoms with E-state index in [1.54, 1.807) is 12.1 Å². The number of aryl methyl sites for hydroxylation is 1. The van der Waals surface area contributed by atoms with Crippen LogP contribution in [0.15, 0.2) is 18.2 Å². The molecule has 3 N–H and O–H groups in total. The van der Waals surface area contributed by atoms with Crippen LogP contribution in [0.3, 0.4) is 0 Å². The summed E-state index contributed by atoms with van der Waals surface area (Å²) >= 11 is 0. The third-order valence-corrected chi connectivity index (χ3v) is 3.76. The van der Waals surface area contributed by atoms with Gasteiger partial charge in [-0.15, -0.1) is 0 Å². The van der Waals surface area contributed by atoms with Crippen LogP contribution in [0.2, 0.25) is 0 Å². The summed E-state index contributed by atoms with van der Waals surface area (Å²) in [6.07, 6.45) is 1.93. The van der Waals surface area contributed by atoms with Gasteiger partial charge in [0.1, 0.15) is 0 Å². The topological polar surface area (TPSA) is 70.2 Å². The molecular formula is C16H23N3O2. The molecule has 1 unspecified atom stereocenters. The molecule has 21 heavy (non-hydrogen) atoms. The molecule has 1 atom stereocenters.